The molecule has 2 aromatic carbocycles. The molecule has 7 nitrogen and oxygen atoms in total. The number of methoxy groups -OCH3 is 1. The highest BCUT2D eigenvalue weighted by Crippen LogP contribution is 2.22. The lowest BCUT2D eigenvalue weighted by molar-refractivity contribution is -0.117. The van der Waals surface area contributed by atoms with Gasteiger partial charge >= 0.3 is 5.91 Å². The van der Waals surface area contributed by atoms with Crippen molar-refractivity contribution in [2.24, 2.45) is 0 Å². The number of H-pyrrole nitrogens is 1. The number of carbonyl (C=O) groups excluding carboxylic acids is 3. The summed E-state index contributed by atoms with van der Waals surface area (Å²) < 4.78 is 5.02. The van der Waals surface area contributed by atoms with E-state index in [-0.39, 0.29) is 5.56 Å². The van der Waals surface area contributed by atoms with Crippen molar-refractivity contribution in [3.05, 3.63) is 65.4 Å². The topological polar surface area (TPSA) is 100 Å². The molecule has 2 amide bonds. The molecule has 0 fully saturated rings. The number of para-hydroxylation sites is 1. The highest BCUT2D eigenvalue weighted by atomic mass is 16.5. The zero-order valence-corrected chi connectivity index (χ0v) is 14.3. The fourth-order valence-electron chi connectivity index (χ4n) is 2.67. The summed E-state index contributed by atoms with van der Waals surface area (Å²) in [5, 5.41) is 0.659. The maximum absolute atomic E-state index is 12.5. The van der Waals surface area contributed by atoms with E-state index in [0.717, 1.165) is 5.52 Å². The number of carbonyl (C=O) groups is 3. The Morgan fingerprint density at radius 3 is 2.35 bits per heavy atom. The number of benzene rings is 2. The summed E-state index contributed by atoms with van der Waals surface area (Å²) in [5.41, 5.74) is 6.36. The highest BCUT2D eigenvalue weighted by molar-refractivity contribution is 6.45. The van der Waals surface area contributed by atoms with Gasteiger partial charge in [-0.25, -0.2) is 0 Å². The number of ketones is 1. The number of Topliss-reactive ketones (excluding diaryl/α,β-unsaturated/α-hetero) is 1. The molecule has 132 valence electrons. The molecule has 0 saturated heterocycles. The minimum Gasteiger partial charge on any atom is -0.497 e. The number of nitrogens with one attached hydrogen (secondary N) is 3. The second-order valence-corrected chi connectivity index (χ2v) is 5.64. The number of hydrogen-bond donors (Lipinski definition) is 3. The van der Waals surface area contributed by atoms with Gasteiger partial charge in [-0.2, -0.15) is 0 Å². The van der Waals surface area contributed by atoms with Crippen molar-refractivity contribution in [2.45, 2.75) is 6.92 Å². The van der Waals surface area contributed by atoms with Gasteiger partial charge in [0.2, 0.25) is 0 Å². The van der Waals surface area contributed by atoms with Crippen LogP contribution in [0.2, 0.25) is 0 Å². The summed E-state index contributed by atoms with van der Waals surface area (Å²) in [5.74, 6) is -1.57. The van der Waals surface area contributed by atoms with Crippen LogP contribution in [0, 0.1) is 6.92 Å². The minimum absolute atomic E-state index is 0.289. The Hall–Kier alpha value is -3.61. The first-order valence-corrected chi connectivity index (χ1v) is 7.87. The number of fused-ring (bicyclic) bond motifs is 1. The van der Waals surface area contributed by atoms with Gasteiger partial charge in [0.15, 0.2) is 0 Å². The number of aromatic nitrogens is 1. The lowest BCUT2D eigenvalue weighted by atomic mass is 10.1. The van der Waals surface area contributed by atoms with Gasteiger partial charge in [-0.3, -0.25) is 25.2 Å². The molecule has 0 unspecified atom stereocenters. The Bertz CT molecular complexity index is 990. The third kappa shape index (κ3) is 3.27. The number of hydrogen-bond acceptors (Lipinski definition) is 4. The molecule has 0 radical (unpaired) electrons. The summed E-state index contributed by atoms with van der Waals surface area (Å²) >= 11 is 0. The van der Waals surface area contributed by atoms with Crippen molar-refractivity contribution < 1.29 is 19.1 Å². The van der Waals surface area contributed by atoms with Crippen molar-refractivity contribution in [3.63, 3.8) is 0 Å². The Labute approximate surface area is 149 Å². The molecule has 3 N–H and O–H groups in total. The first kappa shape index (κ1) is 17.2. The normalized spacial score (nSPS) is 10.4. The molecular formula is C19H17N3O4. The summed E-state index contributed by atoms with van der Waals surface area (Å²) in [4.78, 5) is 39.8. The number of ether oxygens (including phenoxy) is 1. The van der Waals surface area contributed by atoms with Gasteiger partial charge in [0.25, 0.3) is 11.7 Å². The van der Waals surface area contributed by atoms with Gasteiger partial charge in [0.1, 0.15) is 5.75 Å². The zero-order chi connectivity index (χ0) is 18.7. The van der Waals surface area contributed by atoms with E-state index in [1.54, 1.807) is 43.3 Å². The van der Waals surface area contributed by atoms with E-state index in [1.807, 2.05) is 12.1 Å². The zero-order valence-electron chi connectivity index (χ0n) is 14.3. The molecule has 0 aliphatic carbocycles. The molecule has 26 heavy (non-hydrogen) atoms. The fourth-order valence-corrected chi connectivity index (χ4v) is 2.67. The first-order valence-electron chi connectivity index (χ1n) is 7.87. The first-order chi connectivity index (χ1) is 12.5. The SMILES string of the molecule is COc1ccc(C(=O)NNC(=O)C(=O)c2c(C)[nH]c3ccccc23)cc1. The molecule has 0 saturated carbocycles. The van der Waals surface area contributed by atoms with Crippen LogP contribution in [0.4, 0.5) is 0 Å². The maximum Gasteiger partial charge on any atom is 0.310 e. The largest absolute Gasteiger partial charge is 0.497 e. The number of aryl methyl sites for hydroxylation is 1. The van der Waals surface area contributed by atoms with Gasteiger partial charge in [-0.1, -0.05) is 18.2 Å². The van der Waals surface area contributed by atoms with Crippen LogP contribution in [-0.4, -0.2) is 29.7 Å². The Kier molecular flexibility index (Phi) is 4.70. The van der Waals surface area contributed by atoms with Crippen molar-refractivity contribution in [2.75, 3.05) is 7.11 Å². The number of amides is 2. The average Bonchev–Trinajstić information content (AvgIpc) is 3.00. The Balaban J connectivity index is 1.70. The fraction of sp³-hybridized carbons (Fsp3) is 0.105. The summed E-state index contributed by atoms with van der Waals surface area (Å²) in [7, 11) is 1.52. The predicted octanol–water partition coefficient (Wildman–Crippen LogP) is 2.13. The van der Waals surface area contributed by atoms with E-state index < -0.39 is 17.6 Å². The summed E-state index contributed by atoms with van der Waals surface area (Å²) in [6, 6.07) is 13.5. The van der Waals surface area contributed by atoms with Gasteiger partial charge in [-0.05, 0) is 37.3 Å². The van der Waals surface area contributed by atoms with Crippen LogP contribution >= 0.6 is 0 Å². The van der Waals surface area contributed by atoms with E-state index in [0.29, 0.717) is 22.4 Å². The van der Waals surface area contributed by atoms with Crippen LogP contribution in [0.3, 0.4) is 0 Å². The minimum atomic E-state index is -0.917. The Morgan fingerprint density at radius 1 is 0.962 bits per heavy atom. The lowest BCUT2D eigenvalue weighted by Gasteiger charge is -2.07. The molecule has 7 heteroatoms. The lowest BCUT2D eigenvalue weighted by Crippen LogP contribution is -2.45. The average molecular weight is 351 g/mol. The highest BCUT2D eigenvalue weighted by Gasteiger charge is 2.23. The predicted molar refractivity (Wildman–Crippen MR) is 96.0 cm³/mol. The van der Waals surface area contributed by atoms with Gasteiger partial charge < -0.3 is 9.72 Å². The molecule has 3 aromatic rings. The summed E-state index contributed by atoms with van der Waals surface area (Å²) in [6.07, 6.45) is 0. The molecule has 1 aromatic heterocycles. The van der Waals surface area contributed by atoms with E-state index in [2.05, 4.69) is 15.8 Å². The molecule has 0 bridgehead atoms. The van der Waals surface area contributed by atoms with Crippen LogP contribution in [0.25, 0.3) is 10.9 Å². The number of rotatable bonds is 4. The van der Waals surface area contributed by atoms with Crippen molar-refractivity contribution in [3.8, 4) is 5.75 Å². The van der Waals surface area contributed by atoms with Crippen LogP contribution in [-0.2, 0) is 4.79 Å². The monoisotopic (exact) mass is 351 g/mol. The molecule has 0 atom stereocenters. The molecule has 0 aliphatic heterocycles. The van der Waals surface area contributed by atoms with Crippen molar-refractivity contribution in [1.29, 1.82) is 0 Å². The van der Waals surface area contributed by atoms with E-state index in [1.165, 1.54) is 7.11 Å². The van der Waals surface area contributed by atoms with Crippen molar-refractivity contribution >= 4 is 28.5 Å². The molecule has 0 spiro atoms. The van der Waals surface area contributed by atoms with Crippen LogP contribution in [0.15, 0.2) is 48.5 Å². The molecule has 0 aliphatic rings. The molecule has 3 rings (SSSR count). The summed E-state index contributed by atoms with van der Waals surface area (Å²) in [6.45, 7) is 1.72. The number of hydrazine groups is 1. The third-order valence-electron chi connectivity index (χ3n) is 3.97. The van der Waals surface area contributed by atoms with Crippen molar-refractivity contribution in [1.82, 2.24) is 15.8 Å². The van der Waals surface area contributed by atoms with Crippen LogP contribution in [0.1, 0.15) is 26.4 Å². The van der Waals surface area contributed by atoms with E-state index in [9.17, 15) is 14.4 Å². The van der Waals surface area contributed by atoms with Gasteiger partial charge in [0, 0.05) is 22.2 Å². The molecular weight excluding hydrogens is 334 g/mol. The second kappa shape index (κ2) is 7.10. The Morgan fingerprint density at radius 2 is 1.65 bits per heavy atom. The number of aromatic amines is 1. The third-order valence-corrected chi connectivity index (χ3v) is 3.97. The standard InChI is InChI=1S/C19H17N3O4/c1-11-16(14-5-3-4-6-15(14)20-11)17(23)19(25)22-21-18(24)12-7-9-13(26-2)10-8-12/h3-10,20H,1-2H3,(H,21,24)(H,22,25). The van der Waals surface area contributed by atoms with Gasteiger partial charge in [0.05, 0.1) is 12.7 Å². The maximum atomic E-state index is 12.5. The van der Waals surface area contributed by atoms with Crippen LogP contribution in [0.5, 0.6) is 5.75 Å². The molecule has 1 heterocycles. The van der Waals surface area contributed by atoms with E-state index >= 15 is 0 Å². The quantitative estimate of drug-likeness (QED) is 0.381. The second-order valence-electron chi connectivity index (χ2n) is 5.64. The van der Waals surface area contributed by atoms with E-state index in [4.69, 9.17) is 4.74 Å². The van der Waals surface area contributed by atoms with Crippen LogP contribution < -0.4 is 15.6 Å². The smallest absolute Gasteiger partial charge is 0.310 e. The van der Waals surface area contributed by atoms with Gasteiger partial charge in [-0.15, -0.1) is 0 Å².